The largest absolute Gasteiger partial charge is 0.295 e. The van der Waals surface area contributed by atoms with E-state index in [0.717, 1.165) is 21.6 Å². The van der Waals surface area contributed by atoms with E-state index in [1.807, 2.05) is 0 Å². The van der Waals surface area contributed by atoms with Crippen LogP contribution in [-0.2, 0) is 29.2 Å². The number of imide groups is 2. The van der Waals surface area contributed by atoms with E-state index in [-0.39, 0.29) is 24.0 Å². The minimum absolute atomic E-state index is 0.0908. The van der Waals surface area contributed by atoms with Crippen LogP contribution in [0, 0.1) is 5.95 Å². The number of piperidine rings is 1. The second-order valence-corrected chi connectivity index (χ2v) is 7.75. The molecular weight excluding hydrogens is 391 g/mol. The normalized spacial score (nSPS) is 21.1. The second kappa shape index (κ2) is 6.81. The van der Waals surface area contributed by atoms with Crippen LogP contribution >= 0.6 is 0 Å². The molecule has 1 atom stereocenters. The summed E-state index contributed by atoms with van der Waals surface area (Å²) in [6.45, 7) is 1.73. The van der Waals surface area contributed by atoms with Crippen molar-refractivity contribution in [3.05, 3.63) is 64.2 Å². The molecule has 1 aromatic heterocycles. The van der Waals surface area contributed by atoms with Gasteiger partial charge in [-0.25, -0.2) is 4.98 Å². The molecule has 0 aliphatic carbocycles. The van der Waals surface area contributed by atoms with Crippen LogP contribution in [0.25, 0.3) is 0 Å². The Morgan fingerprint density at radius 3 is 2.27 bits per heavy atom. The summed E-state index contributed by atoms with van der Waals surface area (Å²) in [5.41, 5.74) is 3.32. The smallest absolute Gasteiger partial charge is 0.262 e. The van der Waals surface area contributed by atoms with Gasteiger partial charge in [0.05, 0.1) is 11.1 Å². The summed E-state index contributed by atoms with van der Waals surface area (Å²) < 4.78 is 13.0. The third-order valence-corrected chi connectivity index (χ3v) is 5.74. The minimum atomic E-state index is -0.965. The molecule has 3 aliphatic heterocycles. The molecule has 4 heterocycles. The maximum atomic E-state index is 13.0. The Kier molecular flexibility index (Phi) is 4.21. The first-order valence-corrected chi connectivity index (χ1v) is 9.61. The lowest BCUT2D eigenvalue weighted by atomic mass is 10.0. The Morgan fingerprint density at radius 1 is 1.03 bits per heavy atom. The van der Waals surface area contributed by atoms with Crippen LogP contribution in [0.4, 0.5) is 4.39 Å². The molecule has 1 saturated heterocycles. The van der Waals surface area contributed by atoms with E-state index >= 15 is 0 Å². The standard InChI is InChI=1S/C21H17FN4O4/c22-17-3-1-11(7-23-17)8-25-9-12-5-14-15(6-13(12)10-25)21(30)26(20(14)29)16-2-4-18(27)24-19(16)28/h1,3,5-7,16H,2,4,8-10H2,(H,24,27,28). The topological polar surface area (TPSA) is 99.7 Å². The van der Waals surface area contributed by atoms with Crippen molar-refractivity contribution in [2.45, 2.75) is 38.5 Å². The van der Waals surface area contributed by atoms with Gasteiger partial charge in [0.25, 0.3) is 11.8 Å². The number of carbonyl (C=O) groups excluding carboxylic acids is 4. The van der Waals surface area contributed by atoms with E-state index in [2.05, 4.69) is 15.2 Å². The third-order valence-electron chi connectivity index (χ3n) is 5.74. The van der Waals surface area contributed by atoms with Crippen molar-refractivity contribution in [1.29, 1.82) is 0 Å². The molecule has 5 rings (SSSR count). The number of aromatic nitrogens is 1. The van der Waals surface area contributed by atoms with E-state index in [0.29, 0.717) is 19.6 Å². The molecule has 0 bridgehead atoms. The average molecular weight is 408 g/mol. The fourth-order valence-electron chi connectivity index (χ4n) is 4.31. The zero-order valence-electron chi connectivity index (χ0n) is 15.9. The van der Waals surface area contributed by atoms with Crippen LogP contribution in [0.5, 0.6) is 0 Å². The molecule has 1 aromatic carbocycles. The lowest BCUT2D eigenvalue weighted by molar-refractivity contribution is -0.136. The first kappa shape index (κ1) is 18.6. The summed E-state index contributed by atoms with van der Waals surface area (Å²) >= 11 is 0. The molecule has 1 fully saturated rings. The third kappa shape index (κ3) is 2.98. The van der Waals surface area contributed by atoms with Gasteiger partial charge >= 0.3 is 0 Å². The van der Waals surface area contributed by atoms with Crippen LogP contribution in [-0.4, -0.2) is 44.5 Å². The minimum Gasteiger partial charge on any atom is -0.295 e. The molecule has 9 heteroatoms. The van der Waals surface area contributed by atoms with Gasteiger partial charge in [-0.05, 0) is 41.3 Å². The Hall–Kier alpha value is -3.46. The lowest BCUT2D eigenvalue weighted by Gasteiger charge is -2.27. The number of nitrogens with zero attached hydrogens (tertiary/aromatic N) is 3. The van der Waals surface area contributed by atoms with Gasteiger partial charge in [0.2, 0.25) is 17.8 Å². The Balaban J connectivity index is 1.37. The SMILES string of the molecule is O=C1CCC(N2C(=O)c3cc4c(cc3C2=O)CN(Cc2ccc(F)nc2)C4)C(=O)N1. The molecule has 4 amide bonds. The van der Waals surface area contributed by atoms with Gasteiger partial charge in [-0.15, -0.1) is 0 Å². The van der Waals surface area contributed by atoms with Crippen LogP contribution in [0.1, 0.15) is 50.2 Å². The first-order valence-electron chi connectivity index (χ1n) is 9.61. The molecule has 2 aromatic rings. The Bertz CT molecular complexity index is 1070. The molecule has 152 valence electrons. The summed E-state index contributed by atoms with van der Waals surface area (Å²) in [5, 5.41) is 2.19. The van der Waals surface area contributed by atoms with Gasteiger partial charge in [0.15, 0.2) is 0 Å². The molecule has 3 aliphatic rings. The van der Waals surface area contributed by atoms with Gasteiger partial charge < -0.3 is 0 Å². The van der Waals surface area contributed by atoms with Crippen molar-refractivity contribution in [3.8, 4) is 0 Å². The maximum Gasteiger partial charge on any atom is 0.262 e. The number of nitrogens with one attached hydrogen (secondary N) is 1. The molecule has 0 saturated carbocycles. The molecule has 8 nitrogen and oxygen atoms in total. The van der Waals surface area contributed by atoms with Gasteiger partial charge in [0.1, 0.15) is 6.04 Å². The van der Waals surface area contributed by atoms with Gasteiger partial charge in [0, 0.05) is 32.3 Å². The highest BCUT2D eigenvalue weighted by Gasteiger charge is 2.45. The van der Waals surface area contributed by atoms with Crippen LogP contribution < -0.4 is 5.32 Å². The molecule has 0 spiro atoms. The van der Waals surface area contributed by atoms with Gasteiger partial charge in [-0.1, -0.05) is 6.07 Å². The number of amides is 4. The molecule has 0 radical (unpaired) electrons. The zero-order valence-corrected chi connectivity index (χ0v) is 15.9. The van der Waals surface area contributed by atoms with E-state index < -0.39 is 35.6 Å². The van der Waals surface area contributed by atoms with E-state index in [9.17, 15) is 23.6 Å². The monoisotopic (exact) mass is 408 g/mol. The van der Waals surface area contributed by atoms with Crippen molar-refractivity contribution in [2.75, 3.05) is 0 Å². The summed E-state index contributed by atoms with van der Waals surface area (Å²) in [4.78, 5) is 56.1. The highest BCUT2D eigenvalue weighted by molar-refractivity contribution is 6.23. The summed E-state index contributed by atoms with van der Waals surface area (Å²) in [6, 6.07) is 5.47. The van der Waals surface area contributed by atoms with Crippen molar-refractivity contribution in [2.24, 2.45) is 0 Å². The van der Waals surface area contributed by atoms with Crippen LogP contribution in [0.2, 0.25) is 0 Å². The van der Waals surface area contributed by atoms with Crippen molar-refractivity contribution < 1.29 is 23.6 Å². The quantitative estimate of drug-likeness (QED) is 0.604. The molecule has 30 heavy (non-hydrogen) atoms. The highest BCUT2D eigenvalue weighted by atomic mass is 19.1. The predicted molar refractivity (Wildman–Crippen MR) is 100 cm³/mol. The number of pyridine rings is 1. The summed E-state index contributed by atoms with van der Waals surface area (Å²) in [7, 11) is 0. The van der Waals surface area contributed by atoms with Crippen molar-refractivity contribution in [3.63, 3.8) is 0 Å². The highest BCUT2D eigenvalue weighted by Crippen LogP contribution is 2.33. The van der Waals surface area contributed by atoms with Crippen LogP contribution in [0.3, 0.4) is 0 Å². The number of carbonyl (C=O) groups is 4. The number of hydrogen-bond acceptors (Lipinski definition) is 6. The van der Waals surface area contributed by atoms with E-state index in [1.165, 1.54) is 12.3 Å². The lowest BCUT2D eigenvalue weighted by Crippen LogP contribution is -2.54. The summed E-state index contributed by atoms with van der Waals surface area (Å²) in [6.07, 6.45) is 1.71. The number of benzene rings is 1. The molecular formula is C21H17FN4O4. The van der Waals surface area contributed by atoms with E-state index in [1.54, 1.807) is 18.2 Å². The van der Waals surface area contributed by atoms with Gasteiger partial charge in [-0.2, -0.15) is 4.39 Å². The first-order chi connectivity index (χ1) is 14.4. The zero-order chi connectivity index (χ0) is 21.0. The Morgan fingerprint density at radius 2 is 1.70 bits per heavy atom. The average Bonchev–Trinajstić information content (AvgIpc) is 3.21. The van der Waals surface area contributed by atoms with Gasteiger partial charge in [-0.3, -0.25) is 34.3 Å². The fourth-order valence-corrected chi connectivity index (χ4v) is 4.31. The number of hydrogen-bond donors (Lipinski definition) is 1. The number of fused-ring (bicyclic) bond motifs is 2. The van der Waals surface area contributed by atoms with Crippen molar-refractivity contribution >= 4 is 23.6 Å². The molecule has 1 unspecified atom stereocenters. The van der Waals surface area contributed by atoms with Crippen LogP contribution in [0.15, 0.2) is 30.5 Å². The Labute approximate surface area is 170 Å². The fraction of sp³-hybridized carbons (Fsp3) is 0.286. The van der Waals surface area contributed by atoms with Crippen molar-refractivity contribution in [1.82, 2.24) is 20.1 Å². The number of rotatable bonds is 3. The maximum absolute atomic E-state index is 13.0. The molecule has 1 N–H and O–H groups in total. The summed E-state index contributed by atoms with van der Waals surface area (Å²) in [5.74, 6) is -2.56. The number of halogens is 1. The van der Waals surface area contributed by atoms with E-state index in [4.69, 9.17) is 0 Å². The second-order valence-electron chi connectivity index (χ2n) is 7.75. The predicted octanol–water partition coefficient (Wildman–Crippen LogP) is 1.14.